The number of rotatable bonds is 2. The van der Waals surface area contributed by atoms with Crippen molar-refractivity contribution >= 4 is 16.9 Å². The lowest BCUT2D eigenvalue weighted by molar-refractivity contribution is 0.478. The van der Waals surface area contributed by atoms with Crippen LogP contribution in [0.3, 0.4) is 0 Å². The molecule has 0 bridgehead atoms. The molecule has 0 aliphatic heterocycles. The number of hydrogen-bond donors (Lipinski definition) is 1. The van der Waals surface area contributed by atoms with Crippen LogP contribution < -0.4 is 10.7 Å². The minimum atomic E-state index is -0.654. The van der Waals surface area contributed by atoms with Gasteiger partial charge in [-0.15, -0.1) is 4.98 Å². The second kappa shape index (κ2) is 4.24. The summed E-state index contributed by atoms with van der Waals surface area (Å²) in [6.45, 7) is 0. The highest BCUT2D eigenvalue weighted by Gasteiger charge is 2.13. The number of para-hydroxylation sites is 1. The van der Waals surface area contributed by atoms with Gasteiger partial charge in [0.05, 0.1) is 5.56 Å². The summed E-state index contributed by atoms with van der Waals surface area (Å²) in [7, 11) is 3.54. The summed E-state index contributed by atoms with van der Waals surface area (Å²) in [6.07, 6.45) is 1.77. The van der Waals surface area contributed by atoms with Gasteiger partial charge in [-0.3, -0.25) is 0 Å². The Labute approximate surface area is 108 Å². The van der Waals surface area contributed by atoms with Crippen molar-refractivity contribution in [2.24, 2.45) is 0 Å². The largest absolute Gasteiger partial charge is 0.443 e. The number of nitrogens with zero attached hydrogens (tertiary/aromatic N) is 3. The molecule has 0 aliphatic carbocycles. The third-order valence-electron chi connectivity index (χ3n) is 2.80. The number of nitrogens with one attached hydrogen (secondary N) is 1. The standard InChI is InChI=1S/C13H12N4O2/c1-17(2)12-15-11(19-13(18)16-12)9-7-14-10-6-4-3-5-8(9)10/h3-7,14H,1-2H3. The third-order valence-corrected chi connectivity index (χ3v) is 2.80. The Kier molecular flexibility index (Phi) is 2.56. The van der Waals surface area contributed by atoms with Crippen LogP contribution in [0.4, 0.5) is 5.95 Å². The zero-order valence-corrected chi connectivity index (χ0v) is 10.5. The van der Waals surface area contributed by atoms with E-state index in [1.807, 2.05) is 24.3 Å². The van der Waals surface area contributed by atoms with Gasteiger partial charge >= 0.3 is 5.76 Å². The van der Waals surface area contributed by atoms with Crippen LogP contribution in [0.2, 0.25) is 0 Å². The molecule has 0 aliphatic rings. The van der Waals surface area contributed by atoms with E-state index in [-0.39, 0.29) is 5.89 Å². The topological polar surface area (TPSA) is 75.0 Å². The van der Waals surface area contributed by atoms with Gasteiger partial charge in [-0.05, 0) is 6.07 Å². The van der Waals surface area contributed by atoms with Crippen LogP contribution >= 0.6 is 0 Å². The summed E-state index contributed by atoms with van der Waals surface area (Å²) in [6, 6.07) is 7.75. The normalized spacial score (nSPS) is 10.8. The van der Waals surface area contributed by atoms with E-state index in [0.29, 0.717) is 5.95 Å². The smallest absolute Gasteiger partial charge is 0.389 e. The van der Waals surface area contributed by atoms with Gasteiger partial charge in [0.15, 0.2) is 0 Å². The number of hydrogen-bond acceptors (Lipinski definition) is 5. The van der Waals surface area contributed by atoms with Crippen LogP contribution in [0.1, 0.15) is 0 Å². The Morgan fingerprint density at radius 1 is 1.21 bits per heavy atom. The van der Waals surface area contributed by atoms with Gasteiger partial charge in [0.25, 0.3) is 0 Å². The Morgan fingerprint density at radius 3 is 2.79 bits per heavy atom. The summed E-state index contributed by atoms with van der Waals surface area (Å²) in [5.41, 5.74) is 1.71. The number of benzene rings is 1. The van der Waals surface area contributed by atoms with Crippen molar-refractivity contribution in [3.8, 4) is 11.5 Å². The zero-order valence-electron chi connectivity index (χ0n) is 10.5. The zero-order chi connectivity index (χ0) is 13.4. The van der Waals surface area contributed by atoms with Gasteiger partial charge in [-0.2, -0.15) is 4.98 Å². The predicted octanol–water partition coefficient (Wildman–Crippen LogP) is 1.64. The summed E-state index contributed by atoms with van der Waals surface area (Å²) in [5, 5.41) is 0.953. The fourth-order valence-corrected chi connectivity index (χ4v) is 1.89. The van der Waals surface area contributed by atoms with E-state index in [0.717, 1.165) is 16.5 Å². The van der Waals surface area contributed by atoms with Crippen molar-refractivity contribution < 1.29 is 4.42 Å². The third kappa shape index (κ3) is 1.97. The molecule has 96 valence electrons. The quantitative estimate of drug-likeness (QED) is 0.754. The number of H-pyrrole nitrogens is 1. The maximum absolute atomic E-state index is 11.5. The molecule has 2 aromatic heterocycles. The lowest BCUT2D eigenvalue weighted by atomic mass is 10.2. The van der Waals surface area contributed by atoms with E-state index in [4.69, 9.17) is 4.42 Å². The lowest BCUT2D eigenvalue weighted by Gasteiger charge is -2.08. The minimum Gasteiger partial charge on any atom is -0.389 e. The van der Waals surface area contributed by atoms with E-state index in [1.165, 1.54) is 0 Å². The highest BCUT2D eigenvalue weighted by atomic mass is 16.4. The van der Waals surface area contributed by atoms with Crippen LogP contribution in [-0.4, -0.2) is 29.0 Å². The molecule has 1 N–H and O–H groups in total. The van der Waals surface area contributed by atoms with Gasteiger partial charge < -0.3 is 14.3 Å². The monoisotopic (exact) mass is 256 g/mol. The van der Waals surface area contributed by atoms with Gasteiger partial charge in [-0.1, -0.05) is 18.2 Å². The first kappa shape index (κ1) is 11.5. The lowest BCUT2D eigenvalue weighted by Crippen LogP contribution is -2.18. The molecule has 6 heteroatoms. The molecule has 6 nitrogen and oxygen atoms in total. The molecule has 3 aromatic rings. The van der Waals surface area contributed by atoms with Crippen LogP contribution in [0.25, 0.3) is 22.4 Å². The van der Waals surface area contributed by atoms with Crippen molar-refractivity contribution in [3.63, 3.8) is 0 Å². The van der Waals surface area contributed by atoms with Crippen molar-refractivity contribution in [1.29, 1.82) is 0 Å². The van der Waals surface area contributed by atoms with E-state index in [9.17, 15) is 4.79 Å². The van der Waals surface area contributed by atoms with Crippen molar-refractivity contribution in [2.75, 3.05) is 19.0 Å². The van der Waals surface area contributed by atoms with Crippen LogP contribution in [0, 0.1) is 0 Å². The molecule has 3 rings (SSSR count). The average Bonchev–Trinajstić information content (AvgIpc) is 2.81. The first-order valence-electron chi connectivity index (χ1n) is 5.78. The predicted molar refractivity (Wildman–Crippen MR) is 72.2 cm³/mol. The van der Waals surface area contributed by atoms with Crippen LogP contribution in [-0.2, 0) is 0 Å². The Morgan fingerprint density at radius 2 is 2.00 bits per heavy atom. The molecule has 0 radical (unpaired) electrons. The number of aromatic amines is 1. The fourth-order valence-electron chi connectivity index (χ4n) is 1.89. The van der Waals surface area contributed by atoms with Gasteiger partial charge in [0.2, 0.25) is 11.8 Å². The molecule has 1 aromatic carbocycles. The first-order chi connectivity index (χ1) is 9.15. The van der Waals surface area contributed by atoms with Crippen molar-refractivity contribution in [2.45, 2.75) is 0 Å². The number of anilines is 1. The van der Waals surface area contributed by atoms with Crippen molar-refractivity contribution in [3.05, 3.63) is 41.0 Å². The van der Waals surface area contributed by atoms with Gasteiger partial charge in [-0.25, -0.2) is 4.79 Å². The highest BCUT2D eigenvalue weighted by Crippen LogP contribution is 2.26. The Hall–Kier alpha value is -2.63. The van der Waals surface area contributed by atoms with Crippen molar-refractivity contribution in [1.82, 2.24) is 15.0 Å². The molecule has 0 atom stereocenters. The van der Waals surface area contributed by atoms with E-state index < -0.39 is 5.76 Å². The van der Waals surface area contributed by atoms with E-state index >= 15 is 0 Å². The Balaban J connectivity index is 2.24. The summed E-state index contributed by atoms with van der Waals surface area (Å²) >= 11 is 0. The SMILES string of the molecule is CN(C)c1nc(-c2c[nH]c3ccccc23)oc(=O)n1. The van der Waals surface area contributed by atoms with Gasteiger partial charge in [0.1, 0.15) is 0 Å². The summed E-state index contributed by atoms with van der Waals surface area (Å²) in [5.74, 6) is -0.0586. The minimum absolute atomic E-state index is 0.265. The summed E-state index contributed by atoms with van der Waals surface area (Å²) < 4.78 is 5.10. The second-order valence-corrected chi connectivity index (χ2v) is 4.34. The molecule has 0 unspecified atom stereocenters. The maximum Gasteiger partial charge on any atom is 0.443 e. The van der Waals surface area contributed by atoms with E-state index in [2.05, 4.69) is 15.0 Å². The molecule has 2 heterocycles. The highest BCUT2D eigenvalue weighted by molar-refractivity contribution is 5.93. The summed E-state index contributed by atoms with van der Waals surface area (Å²) in [4.78, 5) is 24.2. The van der Waals surface area contributed by atoms with Crippen LogP contribution in [0.15, 0.2) is 39.7 Å². The molecule has 0 spiro atoms. The second-order valence-electron chi connectivity index (χ2n) is 4.34. The van der Waals surface area contributed by atoms with E-state index in [1.54, 1.807) is 25.2 Å². The molecular formula is C13H12N4O2. The number of aromatic nitrogens is 3. The molecular weight excluding hydrogens is 244 g/mol. The molecule has 0 fully saturated rings. The molecule has 0 amide bonds. The fraction of sp³-hybridized carbons (Fsp3) is 0.154. The first-order valence-corrected chi connectivity index (χ1v) is 5.78. The molecule has 0 saturated heterocycles. The van der Waals surface area contributed by atoms with Crippen LogP contribution in [0.5, 0.6) is 0 Å². The average molecular weight is 256 g/mol. The number of fused-ring (bicyclic) bond motifs is 1. The van der Waals surface area contributed by atoms with Gasteiger partial charge in [0, 0.05) is 31.2 Å². The molecule has 0 saturated carbocycles. The molecule has 19 heavy (non-hydrogen) atoms. The maximum atomic E-state index is 11.5. The Bertz CT molecular complexity index is 788.